The Labute approximate surface area is 220 Å². The number of aromatic nitrogens is 3. The third kappa shape index (κ3) is 4.13. The molecule has 198 valence electrons. The average molecular weight is 518 g/mol. The second-order valence-corrected chi connectivity index (χ2v) is 10.2. The number of aliphatic hydroxyl groups excluding tert-OH is 1. The molecule has 2 amide bonds. The molecule has 0 unspecified atom stereocenters. The molecule has 4 heterocycles. The van der Waals surface area contributed by atoms with Gasteiger partial charge in [-0.15, -0.1) is 5.10 Å². The van der Waals surface area contributed by atoms with Crippen LogP contribution in [0.3, 0.4) is 0 Å². The molecule has 0 aliphatic carbocycles. The van der Waals surface area contributed by atoms with Crippen LogP contribution in [-0.4, -0.2) is 58.0 Å². The molecule has 3 aliphatic heterocycles. The van der Waals surface area contributed by atoms with Gasteiger partial charge in [0.2, 0.25) is 0 Å². The van der Waals surface area contributed by atoms with E-state index in [9.17, 15) is 9.59 Å². The number of ether oxygens (including phenoxy) is 2. The van der Waals surface area contributed by atoms with Crippen LogP contribution in [0, 0.1) is 5.92 Å². The standard InChI is InChI=1S/C28H31N5O5/c1-19-16-23(10-12-31-18-21(11-14-34)29-30-31)38-28(19)24-4-2-3-5-25(24)33(26(28)35)17-20-6-8-22(9-7-20)32-13-15-37-27(32)36/h2-9,18-19,23,34H,10-17H2,1H3/t19-,23+,28+/m0/s1. The summed E-state index contributed by atoms with van der Waals surface area (Å²) >= 11 is 0. The van der Waals surface area contributed by atoms with Crippen molar-refractivity contribution >= 4 is 23.4 Å². The van der Waals surface area contributed by atoms with Gasteiger partial charge in [-0.25, -0.2) is 4.79 Å². The van der Waals surface area contributed by atoms with Crippen LogP contribution in [0.15, 0.2) is 54.7 Å². The van der Waals surface area contributed by atoms with Crippen molar-refractivity contribution in [1.29, 1.82) is 0 Å². The van der Waals surface area contributed by atoms with E-state index in [0.29, 0.717) is 39.1 Å². The Balaban J connectivity index is 1.19. The number of carbonyl (C=O) groups excluding carboxylic acids is 2. The first-order chi connectivity index (χ1) is 18.5. The molecule has 3 aromatic rings. The van der Waals surface area contributed by atoms with Crippen molar-refractivity contribution in [2.24, 2.45) is 5.92 Å². The molecular formula is C28H31N5O5. The van der Waals surface area contributed by atoms with E-state index in [0.717, 1.165) is 34.6 Å². The highest BCUT2D eigenvalue weighted by Crippen LogP contribution is 2.53. The molecule has 1 spiro atoms. The SMILES string of the molecule is C[C@H]1C[C@@H](CCn2cc(CCO)nn2)O[C@]12C(=O)N(Cc1ccc(N3CCOC3=O)cc1)c1ccccc12. The van der Waals surface area contributed by atoms with E-state index in [1.54, 1.807) is 9.58 Å². The van der Waals surface area contributed by atoms with Gasteiger partial charge in [-0.3, -0.25) is 14.4 Å². The first-order valence-electron chi connectivity index (χ1n) is 13.1. The minimum Gasteiger partial charge on any atom is -0.447 e. The minimum absolute atomic E-state index is 0.00963. The van der Waals surface area contributed by atoms with Crippen LogP contribution in [0.2, 0.25) is 0 Å². The number of cyclic esters (lactones) is 1. The molecule has 2 aromatic carbocycles. The lowest BCUT2D eigenvalue weighted by molar-refractivity contribution is -0.146. The third-order valence-corrected chi connectivity index (χ3v) is 7.80. The van der Waals surface area contributed by atoms with E-state index >= 15 is 0 Å². The fourth-order valence-corrected chi connectivity index (χ4v) is 5.90. The van der Waals surface area contributed by atoms with E-state index in [1.807, 2.05) is 59.6 Å². The van der Waals surface area contributed by atoms with E-state index in [2.05, 4.69) is 17.2 Å². The second kappa shape index (κ2) is 9.85. The summed E-state index contributed by atoms with van der Waals surface area (Å²) in [5.41, 5.74) is 3.30. The van der Waals surface area contributed by atoms with Crippen molar-refractivity contribution in [3.8, 4) is 0 Å². The number of rotatable bonds is 8. The highest BCUT2D eigenvalue weighted by molar-refractivity contribution is 6.07. The Morgan fingerprint density at radius 3 is 2.71 bits per heavy atom. The Morgan fingerprint density at radius 1 is 1.13 bits per heavy atom. The monoisotopic (exact) mass is 517 g/mol. The number of benzene rings is 2. The van der Waals surface area contributed by atoms with Crippen molar-refractivity contribution < 1.29 is 24.2 Å². The number of aryl methyl sites for hydroxylation is 1. The highest BCUT2D eigenvalue weighted by Gasteiger charge is 2.59. The zero-order valence-electron chi connectivity index (χ0n) is 21.3. The van der Waals surface area contributed by atoms with Gasteiger partial charge in [-0.2, -0.15) is 0 Å². The van der Waals surface area contributed by atoms with Crippen molar-refractivity contribution in [1.82, 2.24) is 15.0 Å². The fourth-order valence-electron chi connectivity index (χ4n) is 5.90. The van der Waals surface area contributed by atoms with Gasteiger partial charge in [0.05, 0.1) is 30.6 Å². The number of anilines is 2. The van der Waals surface area contributed by atoms with Gasteiger partial charge >= 0.3 is 6.09 Å². The normalized spacial score (nSPS) is 24.5. The number of fused-ring (bicyclic) bond motifs is 2. The molecule has 0 radical (unpaired) electrons. The Kier molecular flexibility index (Phi) is 6.37. The molecule has 2 fully saturated rings. The van der Waals surface area contributed by atoms with Crippen LogP contribution < -0.4 is 9.80 Å². The number of carbonyl (C=O) groups is 2. The number of aliphatic hydroxyl groups is 1. The van der Waals surface area contributed by atoms with E-state index in [-0.39, 0.29) is 30.6 Å². The minimum atomic E-state index is -1.01. The van der Waals surface area contributed by atoms with Gasteiger partial charge in [-0.1, -0.05) is 42.5 Å². The molecule has 2 saturated heterocycles. The molecule has 3 atom stereocenters. The smallest absolute Gasteiger partial charge is 0.414 e. The van der Waals surface area contributed by atoms with E-state index in [4.69, 9.17) is 14.6 Å². The zero-order chi connectivity index (χ0) is 26.3. The summed E-state index contributed by atoms with van der Waals surface area (Å²) < 4.78 is 13.5. The van der Waals surface area contributed by atoms with Crippen LogP contribution >= 0.6 is 0 Å². The van der Waals surface area contributed by atoms with Crippen LogP contribution in [0.4, 0.5) is 16.2 Å². The fraction of sp³-hybridized carbons (Fsp3) is 0.429. The third-order valence-electron chi connectivity index (χ3n) is 7.80. The predicted octanol–water partition coefficient (Wildman–Crippen LogP) is 3.03. The first kappa shape index (κ1) is 24.6. The van der Waals surface area contributed by atoms with Crippen LogP contribution in [0.25, 0.3) is 0 Å². The molecule has 1 N–H and O–H groups in total. The topological polar surface area (TPSA) is 110 Å². The van der Waals surface area contributed by atoms with Gasteiger partial charge in [0.1, 0.15) is 6.61 Å². The predicted molar refractivity (Wildman–Crippen MR) is 139 cm³/mol. The quantitative estimate of drug-likeness (QED) is 0.489. The first-order valence-corrected chi connectivity index (χ1v) is 13.1. The Hall–Kier alpha value is -3.76. The molecule has 0 bridgehead atoms. The number of para-hydroxylation sites is 1. The number of amides is 2. The maximum atomic E-state index is 14.1. The Morgan fingerprint density at radius 2 is 1.95 bits per heavy atom. The summed E-state index contributed by atoms with van der Waals surface area (Å²) in [7, 11) is 0. The molecule has 38 heavy (non-hydrogen) atoms. The van der Waals surface area contributed by atoms with Gasteiger partial charge < -0.3 is 19.5 Å². The average Bonchev–Trinajstić information content (AvgIpc) is 3.69. The molecule has 6 rings (SSSR count). The van der Waals surface area contributed by atoms with Crippen molar-refractivity contribution in [2.75, 3.05) is 29.6 Å². The van der Waals surface area contributed by atoms with Gasteiger partial charge in [0.25, 0.3) is 5.91 Å². The summed E-state index contributed by atoms with van der Waals surface area (Å²) in [5.74, 6) is -0.0257. The van der Waals surface area contributed by atoms with E-state index in [1.165, 1.54) is 0 Å². The maximum Gasteiger partial charge on any atom is 0.414 e. The largest absolute Gasteiger partial charge is 0.447 e. The number of hydrogen-bond acceptors (Lipinski definition) is 7. The van der Waals surface area contributed by atoms with Crippen molar-refractivity contribution in [3.63, 3.8) is 0 Å². The molecule has 10 heteroatoms. The lowest BCUT2D eigenvalue weighted by Gasteiger charge is -2.28. The summed E-state index contributed by atoms with van der Waals surface area (Å²) in [5, 5.41) is 17.3. The molecular weight excluding hydrogens is 486 g/mol. The summed E-state index contributed by atoms with van der Waals surface area (Å²) in [6.07, 6.45) is 3.39. The van der Waals surface area contributed by atoms with Gasteiger partial charge in [-0.05, 0) is 36.6 Å². The highest BCUT2D eigenvalue weighted by atomic mass is 16.6. The van der Waals surface area contributed by atoms with Gasteiger partial charge in [0.15, 0.2) is 5.60 Å². The molecule has 1 aromatic heterocycles. The molecule has 3 aliphatic rings. The van der Waals surface area contributed by atoms with Crippen LogP contribution in [-0.2, 0) is 39.4 Å². The molecule has 0 saturated carbocycles. The second-order valence-electron chi connectivity index (χ2n) is 10.2. The van der Waals surface area contributed by atoms with E-state index < -0.39 is 5.60 Å². The lowest BCUT2D eigenvalue weighted by atomic mass is 9.83. The molecule has 10 nitrogen and oxygen atoms in total. The van der Waals surface area contributed by atoms with Crippen molar-refractivity contribution in [3.05, 3.63) is 71.5 Å². The summed E-state index contributed by atoms with van der Waals surface area (Å²) in [6.45, 7) is 4.11. The summed E-state index contributed by atoms with van der Waals surface area (Å²) in [6, 6.07) is 15.6. The van der Waals surface area contributed by atoms with Crippen LogP contribution in [0.1, 0.15) is 36.6 Å². The lowest BCUT2D eigenvalue weighted by Crippen LogP contribution is -2.43. The number of hydrogen-bond donors (Lipinski definition) is 1. The number of nitrogens with zero attached hydrogens (tertiary/aromatic N) is 5. The van der Waals surface area contributed by atoms with Gasteiger partial charge in [0, 0.05) is 42.9 Å². The maximum absolute atomic E-state index is 14.1. The zero-order valence-corrected chi connectivity index (χ0v) is 21.3. The Bertz CT molecular complexity index is 1340. The van der Waals surface area contributed by atoms with Crippen molar-refractivity contribution in [2.45, 2.75) is 51.0 Å². The van der Waals surface area contributed by atoms with Crippen LogP contribution in [0.5, 0.6) is 0 Å². The summed E-state index contributed by atoms with van der Waals surface area (Å²) in [4.78, 5) is 29.4.